The van der Waals surface area contributed by atoms with Crippen molar-refractivity contribution >= 4 is 32.6 Å². The first kappa shape index (κ1) is 16.2. The third-order valence-corrected chi connectivity index (χ3v) is 5.19. The number of rotatable bonds is 6. The van der Waals surface area contributed by atoms with Gasteiger partial charge in [0.05, 0.1) is 23.4 Å². The van der Waals surface area contributed by atoms with Crippen LogP contribution in [-0.4, -0.2) is 42.0 Å². The van der Waals surface area contributed by atoms with Crippen molar-refractivity contribution in [2.45, 2.75) is 38.6 Å². The number of benzene rings is 1. The van der Waals surface area contributed by atoms with E-state index in [1.54, 1.807) is 0 Å². The minimum absolute atomic E-state index is 0.00323. The summed E-state index contributed by atoms with van der Waals surface area (Å²) >= 11 is 1.48. The summed E-state index contributed by atoms with van der Waals surface area (Å²) < 4.78 is 6.52. The number of hydrogen-bond donors (Lipinski definition) is 1. The van der Waals surface area contributed by atoms with Gasteiger partial charge in [-0.15, -0.1) is 0 Å². The van der Waals surface area contributed by atoms with Crippen LogP contribution in [0.15, 0.2) is 18.2 Å². The molecule has 1 N–H and O–H groups in total. The van der Waals surface area contributed by atoms with E-state index in [9.17, 15) is 4.79 Å². The number of likely N-dealkylation sites (N-methyl/N-ethyl adjacent to an activating group) is 1. The SMILES string of the molecule is CCOc1ccc2nc(NC(=O)CN(C)C3CCCC3)sc2c1. The fraction of sp³-hybridized carbons (Fsp3) is 0.529. The summed E-state index contributed by atoms with van der Waals surface area (Å²) in [6.45, 7) is 3.02. The molecule has 1 aromatic carbocycles. The molecule has 0 atom stereocenters. The number of anilines is 1. The van der Waals surface area contributed by atoms with Crippen molar-refractivity contribution < 1.29 is 9.53 Å². The van der Waals surface area contributed by atoms with Gasteiger partial charge < -0.3 is 10.1 Å². The molecule has 2 aromatic rings. The number of aromatic nitrogens is 1. The normalized spacial score (nSPS) is 15.4. The van der Waals surface area contributed by atoms with E-state index in [1.807, 2.05) is 32.2 Å². The van der Waals surface area contributed by atoms with Crippen LogP contribution in [0.3, 0.4) is 0 Å². The molecule has 0 saturated heterocycles. The standard InChI is InChI=1S/C17H23N3O2S/c1-3-22-13-8-9-14-15(10-13)23-17(18-14)19-16(21)11-20(2)12-6-4-5-7-12/h8-10,12H,3-7,11H2,1-2H3,(H,18,19,21). The highest BCUT2D eigenvalue weighted by Crippen LogP contribution is 2.29. The molecule has 5 nitrogen and oxygen atoms in total. The predicted molar refractivity (Wildman–Crippen MR) is 94.3 cm³/mol. The summed E-state index contributed by atoms with van der Waals surface area (Å²) in [5.41, 5.74) is 0.887. The molecule has 1 amide bonds. The van der Waals surface area contributed by atoms with E-state index in [0.717, 1.165) is 16.0 Å². The van der Waals surface area contributed by atoms with Gasteiger partial charge in [-0.25, -0.2) is 4.98 Å². The maximum atomic E-state index is 12.2. The quantitative estimate of drug-likeness (QED) is 0.879. The lowest BCUT2D eigenvalue weighted by Gasteiger charge is -2.22. The number of fused-ring (bicyclic) bond motifs is 1. The summed E-state index contributed by atoms with van der Waals surface area (Å²) in [5.74, 6) is 0.839. The zero-order chi connectivity index (χ0) is 16.2. The minimum Gasteiger partial charge on any atom is -0.494 e. The Labute approximate surface area is 140 Å². The second kappa shape index (κ2) is 7.27. The average molecular weight is 333 g/mol. The fourth-order valence-corrected chi connectivity index (χ4v) is 3.98. The largest absolute Gasteiger partial charge is 0.494 e. The van der Waals surface area contributed by atoms with Gasteiger partial charge in [0.2, 0.25) is 5.91 Å². The fourth-order valence-electron chi connectivity index (χ4n) is 3.07. The first-order chi connectivity index (χ1) is 11.2. The number of ether oxygens (including phenoxy) is 1. The van der Waals surface area contributed by atoms with Crippen molar-refractivity contribution in [2.75, 3.05) is 25.5 Å². The summed E-state index contributed by atoms with van der Waals surface area (Å²) in [6, 6.07) is 6.35. The molecule has 124 valence electrons. The molecular formula is C17H23N3O2S. The van der Waals surface area contributed by atoms with Crippen LogP contribution in [-0.2, 0) is 4.79 Å². The Balaban J connectivity index is 1.62. The molecule has 1 aliphatic rings. The number of thiazole rings is 1. The van der Waals surface area contributed by atoms with Crippen molar-refractivity contribution in [3.63, 3.8) is 0 Å². The van der Waals surface area contributed by atoms with Crippen LogP contribution >= 0.6 is 11.3 Å². The summed E-state index contributed by atoms with van der Waals surface area (Å²) in [5, 5.41) is 3.57. The minimum atomic E-state index is 0.00323. The lowest BCUT2D eigenvalue weighted by atomic mass is 10.2. The van der Waals surface area contributed by atoms with Crippen molar-refractivity contribution in [1.29, 1.82) is 0 Å². The number of hydrogen-bond acceptors (Lipinski definition) is 5. The van der Waals surface area contributed by atoms with Crippen molar-refractivity contribution in [2.24, 2.45) is 0 Å². The first-order valence-electron chi connectivity index (χ1n) is 8.19. The Morgan fingerprint density at radius 1 is 1.43 bits per heavy atom. The van der Waals surface area contributed by atoms with Gasteiger partial charge in [-0.1, -0.05) is 24.2 Å². The van der Waals surface area contributed by atoms with Crippen LogP contribution in [0.25, 0.3) is 10.2 Å². The zero-order valence-electron chi connectivity index (χ0n) is 13.7. The van der Waals surface area contributed by atoms with Gasteiger partial charge in [0.15, 0.2) is 5.13 Å². The lowest BCUT2D eigenvalue weighted by molar-refractivity contribution is -0.117. The van der Waals surface area contributed by atoms with E-state index in [4.69, 9.17) is 4.74 Å². The van der Waals surface area contributed by atoms with Crippen LogP contribution in [0.1, 0.15) is 32.6 Å². The number of nitrogens with zero attached hydrogens (tertiary/aromatic N) is 2. The third-order valence-electron chi connectivity index (χ3n) is 4.26. The maximum Gasteiger partial charge on any atom is 0.240 e. The Morgan fingerprint density at radius 3 is 2.96 bits per heavy atom. The van der Waals surface area contributed by atoms with Gasteiger partial charge >= 0.3 is 0 Å². The van der Waals surface area contributed by atoms with Crippen molar-refractivity contribution in [3.05, 3.63) is 18.2 Å². The molecule has 1 aromatic heterocycles. The highest BCUT2D eigenvalue weighted by atomic mass is 32.1. The third kappa shape index (κ3) is 4.00. The Morgan fingerprint density at radius 2 is 2.22 bits per heavy atom. The van der Waals surface area contributed by atoms with Crippen molar-refractivity contribution in [3.8, 4) is 5.75 Å². The molecule has 0 radical (unpaired) electrons. The van der Waals surface area contributed by atoms with Gasteiger partial charge in [0.1, 0.15) is 5.75 Å². The molecule has 6 heteroatoms. The van der Waals surface area contributed by atoms with Crippen LogP contribution < -0.4 is 10.1 Å². The molecule has 0 aliphatic heterocycles. The molecular weight excluding hydrogens is 310 g/mol. The van der Waals surface area contributed by atoms with Gasteiger partial charge in [0.25, 0.3) is 0 Å². The monoisotopic (exact) mass is 333 g/mol. The Kier molecular flexibility index (Phi) is 5.13. The van der Waals surface area contributed by atoms with Gasteiger partial charge in [0, 0.05) is 6.04 Å². The number of nitrogens with one attached hydrogen (secondary N) is 1. The average Bonchev–Trinajstić information content (AvgIpc) is 3.15. The van der Waals surface area contributed by atoms with Crippen LogP contribution in [0.4, 0.5) is 5.13 Å². The molecule has 1 saturated carbocycles. The van der Waals surface area contributed by atoms with E-state index >= 15 is 0 Å². The summed E-state index contributed by atoms with van der Waals surface area (Å²) in [7, 11) is 2.03. The molecule has 0 bridgehead atoms. The van der Waals surface area contributed by atoms with Crippen LogP contribution in [0, 0.1) is 0 Å². The predicted octanol–water partition coefficient (Wildman–Crippen LogP) is 3.51. The second-order valence-electron chi connectivity index (χ2n) is 5.98. The molecule has 0 spiro atoms. The van der Waals surface area contributed by atoms with E-state index in [2.05, 4.69) is 15.2 Å². The lowest BCUT2D eigenvalue weighted by Crippen LogP contribution is -2.36. The molecule has 1 fully saturated rings. The smallest absolute Gasteiger partial charge is 0.240 e. The van der Waals surface area contributed by atoms with Crippen LogP contribution in [0.2, 0.25) is 0 Å². The van der Waals surface area contributed by atoms with Crippen molar-refractivity contribution in [1.82, 2.24) is 9.88 Å². The maximum absolute atomic E-state index is 12.2. The first-order valence-corrected chi connectivity index (χ1v) is 9.01. The molecule has 0 unspecified atom stereocenters. The highest BCUT2D eigenvalue weighted by molar-refractivity contribution is 7.22. The molecule has 3 rings (SSSR count). The van der Waals surface area contributed by atoms with Crippen LogP contribution in [0.5, 0.6) is 5.75 Å². The topological polar surface area (TPSA) is 54.5 Å². The van der Waals surface area contributed by atoms with Gasteiger partial charge in [-0.3, -0.25) is 9.69 Å². The van der Waals surface area contributed by atoms with Gasteiger partial charge in [-0.2, -0.15) is 0 Å². The summed E-state index contributed by atoms with van der Waals surface area (Å²) in [4.78, 5) is 18.8. The molecule has 1 aliphatic carbocycles. The number of carbonyl (C=O) groups is 1. The zero-order valence-corrected chi connectivity index (χ0v) is 14.5. The molecule has 23 heavy (non-hydrogen) atoms. The number of amides is 1. The molecule has 1 heterocycles. The highest BCUT2D eigenvalue weighted by Gasteiger charge is 2.21. The van der Waals surface area contributed by atoms with E-state index < -0.39 is 0 Å². The Hall–Kier alpha value is -1.66. The summed E-state index contributed by atoms with van der Waals surface area (Å²) in [6.07, 6.45) is 4.95. The Bertz CT molecular complexity index is 680. The van der Waals surface area contributed by atoms with Gasteiger partial charge in [-0.05, 0) is 45.0 Å². The van der Waals surface area contributed by atoms with E-state index in [1.165, 1.54) is 37.0 Å². The van der Waals surface area contributed by atoms with E-state index in [-0.39, 0.29) is 5.91 Å². The second-order valence-corrected chi connectivity index (χ2v) is 7.01. The number of carbonyl (C=O) groups excluding carboxylic acids is 1. The van der Waals surface area contributed by atoms with E-state index in [0.29, 0.717) is 24.3 Å².